The van der Waals surface area contributed by atoms with Gasteiger partial charge in [0.1, 0.15) is 0 Å². The standard InChI is InChI=1S/C13H20N4O2/c1-4-6-14-13(18)12-7-11(16-19-12)10-8-15-17(5-2)9(10)3/h8,12H,4-7H2,1-3H3,(H,14,18). The Labute approximate surface area is 112 Å². The first-order chi connectivity index (χ1) is 9.17. The van der Waals surface area contributed by atoms with Crippen molar-refractivity contribution in [3.8, 4) is 0 Å². The van der Waals surface area contributed by atoms with Crippen LogP contribution in [0.15, 0.2) is 11.4 Å². The predicted molar refractivity (Wildman–Crippen MR) is 72.0 cm³/mol. The number of amides is 1. The van der Waals surface area contributed by atoms with E-state index in [0.29, 0.717) is 13.0 Å². The van der Waals surface area contributed by atoms with Crippen molar-refractivity contribution in [1.82, 2.24) is 15.1 Å². The first-order valence-corrected chi connectivity index (χ1v) is 6.70. The average Bonchev–Trinajstić information content (AvgIpc) is 3.02. The van der Waals surface area contributed by atoms with Crippen molar-refractivity contribution in [1.29, 1.82) is 0 Å². The van der Waals surface area contributed by atoms with Gasteiger partial charge in [0.05, 0.1) is 11.9 Å². The van der Waals surface area contributed by atoms with Crippen LogP contribution in [0.25, 0.3) is 0 Å². The number of hydrogen-bond acceptors (Lipinski definition) is 4. The lowest BCUT2D eigenvalue weighted by Crippen LogP contribution is -2.35. The summed E-state index contributed by atoms with van der Waals surface area (Å²) in [6.45, 7) is 7.54. The van der Waals surface area contributed by atoms with Gasteiger partial charge in [-0.05, 0) is 20.3 Å². The van der Waals surface area contributed by atoms with Gasteiger partial charge in [0, 0.05) is 30.8 Å². The summed E-state index contributed by atoms with van der Waals surface area (Å²) in [5.74, 6) is -0.0962. The zero-order valence-electron chi connectivity index (χ0n) is 11.6. The Morgan fingerprint density at radius 3 is 3.00 bits per heavy atom. The second kappa shape index (κ2) is 5.86. The molecule has 1 aliphatic heterocycles. The first-order valence-electron chi connectivity index (χ1n) is 6.70. The lowest BCUT2D eigenvalue weighted by Gasteiger charge is -2.08. The van der Waals surface area contributed by atoms with Crippen LogP contribution < -0.4 is 5.32 Å². The van der Waals surface area contributed by atoms with Crippen LogP contribution in [0.1, 0.15) is 37.9 Å². The van der Waals surface area contributed by atoms with E-state index in [4.69, 9.17) is 4.84 Å². The van der Waals surface area contributed by atoms with Gasteiger partial charge >= 0.3 is 0 Å². The molecule has 0 saturated heterocycles. The van der Waals surface area contributed by atoms with Crippen LogP contribution in [0.5, 0.6) is 0 Å². The van der Waals surface area contributed by atoms with Crippen molar-refractivity contribution in [2.75, 3.05) is 6.54 Å². The predicted octanol–water partition coefficient (Wildman–Crippen LogP) is 1.23. The number of carbonyl (C=O) groups excluding carboxylic acids is 1. The van der Waals surface area contributed by atoms with E-state index < -0.39 is 6.10 Å². The van der Waals surface area contributed by atoms with Gasteiger partial charge in [-0.25, -0.2) is 0 Å². The third-order valence-electron chi connectivity index (χ3n) is 3.22. The van der Waals surface area contributed by atoms with E-state index in [1.54, 1.807) is 6.20 Å². The fraction of sp³-hybridized carbons (Fsp3) is 0.615. The van der Waals surface area contributed by atoms with Crippen LogP contribution in [0, 0.1) is 6.92 Å². The minimum absolute atomic E-state index is 0.0962. The Morgan fingerprint density at radius 1 is 1.58 bits per heavy atom. The van der Waals surface area contributed by atoms with E-state index in [1.807, 2.05) is 25.5 Å². The third kappa shape index (κ3) is 2.77. The van der Waals surface area contributed by atoms with Gasteiger partial charge in [0.25, 0.3) is 5.91 Å². The number of aryl methyl sites for hydroxylation is 1. The summed E-state index contributed by atoms with van der Waals surface area (Å²) < 4.78 is 1.91. The average molecular weight is 264 g/mol. The third-order valence-corrected chi connectivity index (χ3v) is 3.22. The second-order valence-electron chi connectivity index (χ2n) is 4.59. The Balaban J connectivity index is 2.01. The van der Waals surface area contributed by atoms with Crippen molar-refractivity contribution in [2.45, 2.75) is 46.3 Å². The Hall–Kier alpha value is -1.85. The highest BCUT2D eigenvalue weighted by Crippen LogP contribution is 2.19. The summed E-state index contributed by atoms with van der Waals surface area (Å²) in [5, 5.41) is 11.1. The molecule has 1 aromatic heterocycles. The molecule has 0 radical (unpaired) electrons. The minimum Gasteiger partial charge on any atom is -0.382 e. The summed E-state index contributed by atoms with van der Waals surface area (Å²) >= 11 is 0. The molecule has 6 heteroatoms. The molecular weight excluding hydrogens is 244 g/mol. The number of carbonyl (C=O) groups is 1. The second-order valence-corrected chi connectivity index (χ2v) is 4.59. The summed E-state index contributed by atoms with van der Waals surface area (Å²) in [4.78, 5) is 17.0. The normalized spacial score (nSPS) is 18.1. The fourth-order valence-electron chi connectivity index (χ4n) is 2.09. The smallest absolute Gasteiger partial charge is 0.264 e. The van der Waals surface area contributed by atoms with E-state index in [1.165, 1.54) is 0 Å². The highest BCUT2D eigenvalue weighted by molar-refractivity contribution is 6.04. The summed E-state index contributed by atoms with van der Waals surface area (Å²) in [6, 6.07) is 0. The number of nitrogens with one attached hydrogen (secondary N) is 1. The fourth-order valence-corrected chi connectivity index (χ4v) is 2.09. The Bertz CT molecular complexity index is 493. The van der Waals surface area contributed by atoms with Crippen LogP contribution in [-0.4, -0.2) is 34.0 Å². The molecule has 0 fully saturated rings. The molecule has 2 heterocycles. The van der Waals surface area contributed by atoms with E-state index in [2.05, 4.69) is 15.6 Å². The van der Waals surface area contributed by atoms with Gasteiger partial charge < -0.3 is 10.2 Å². The molecule has 6 nitrogen and oxygen atoms in total. The summed E-state index contributed by atoms with van der Waals surface area (Å²) in [7, 11) is 0. The van der Waals surface area contributed by atoms with Crippen LogP contribution in [0.4, 0.5) is 0 Å². The van der Waals surface area contributed by atoms with Crippen molar-refractivity contribution in [2.24, 2.45) is 5.16 Å². The van der Waals surface area contributed by atoms with Crippen LogP contribution in [-0.2, 0) is 16.2 Å². The van der Waals surface area contributed by atoms with Crippen molar-refractivity contribution < 1.29 is 9.63 Å². The number of rotatable bonds is 5. The molecule has 0 saturated carbocycles. The molecule has 0 aromatic carbocycles. The van der Waals surface area contributed by atoms with Crippen LogP contribution in [0.2, 0.25) is 0 Å². The van der Waals surface area contributed by atoms with E-state index in [0.717, 1.165) is 29.9 Å². The van der Waals surface area contributed by atoms with Crippen molar-refractivity contribution in [3.05, 3.63) is 17.5 Å². The number of oxime groups is 1. The molecule has 0 spiro atoms. The monoisotopic (exact) mass is 264 g/mol. The van der Waals surface area contributed by atoms with E-state index >= 15 is 0 Å². The molecule has 1 N–H and O–H groups in total. The number of hydrogen-bond donors (Lipinski definition) is 1. The Morgan fingerprint density at radius 2 is 2.37 bits per heavy atom. The zero-order valence-corrected chi connectivity index (χ0v) is 11.6. The quantitative estimate of drug-likeness (QED) is 0.869. The lowest BCUT2D eigenvalue weighted by atomic mass is 10.1. The Kier molecular flexibility index (Phi) is 4.19. The molecule has 19 heavy (non-hydrogen) atoms. The topological polar surface area (TPSA) is 68.5 Å². The summed E-state index contributed by atoms with van der Waals surface area (Å²) in [5.41, 5.74) is 2.82. The van der Waals surface area contributed by atoms with Crippen molar-refractivity contribution in [3.63, 3.8) is 0 Å². The van der Waals surface area contributed by atoms with Gasteiger partial charge in [-0.1, -0.05) is 12.1 Å². The van der Waals surface area contributed by atoms with E-state index in [9.17, 15) is 4.79 Å². The molecule has 104 valence electrons. The van der Waals surface area contributed by atoms with Gasteiger partial charge in [0.2, 0.25) is 6.10 Å². The molecule has 0 bridgehead atoms. The lowest BCUT2D eigenvalue weighted by molar-refractivity contribution is -0.131. The maximum atomic E-state index is 11.8. The zero-order chi connectivity index (χ0) is 13.8. The number of aromatic nitrogens is 2. The minimum atomic E-state index is -0.508. The SMILES string of the molecule is CCCNC(=O)C1CC(c2cnn(CC)c2C)=NO1. The van der Waals surface area contributed by atoms with Gasteiger partial charge in [-0.15, -0.1) is 0 Å². The summed E-state index contributed by atoms with van der Waals surface area (Å²) in [6.07, 6.45) is 2.69. The van der Waals surface area contributed by atoms with Crippen LogP contribution >= 0.6 is 0 Å². The van der Waals surface area contributed by atoms with Gasteiger partial charge in [-0.3, -0.25) is 9.48 Å². The number of nitrogens with zero attached hydrogens (tertiary/aromatic N) is 3. The molecule has 2 rings (SSSR count). The van der Waals surface area contributed by atoms with Crippen LogP contribution in [0.3, 0.4) is 0 Å². The molecule has 1 atom stereocenters. The molecule has 1 aromatic rings. The highest BCUT2D eigenvalue weighted by Gasteiger charge is 2.29. The highest BCUT2D eigenvalue weighted by atomic mass is 16.6. The molecule has 0 aliphatic carbocycles. The molecule has 1 aliphatic rings. The molecule has 1 unspecified atom stereocenters. The molecule has 1 amide bonds. The molecular formula is C13H20N4O2. The maximum Gasteiger partial charge on any atom is 0.264 e. The van der Waals surface area contributed by atoms with Gasteiger partial charge in [0.15, 0.2) is 0 Å². The first kappa shape index (κ1) is 13.6. The largest absolute Gasteiger partial charge is 0.382 e. The van der Waals surface area contributed by atoms with Crippen molar-refractivity contribution >= 4 is 11.6 Å². The van der Waals surface area contributed by atoms with E-state index in [-0.39, 0.29) is 5.91 Å². The maximum absolute atomic E-state index is 11.8. The van der Waals surface area contributed by atoms with Gasteiger partial charge in [-0.2, -0.15) is 5.10 Å².